The van der Waals surface area contributed by atoms with Crippen molar-refractivity contribution in [3.8, 4) is 0 Å². The molecule has 2 heterocycles. The lowest BCUT2D eigenvalue weighted by molar-refractivity contribution is -0.131. The van der Waals surface area contributed by atoms with Crippen molar-refractivity contribution in [1.82, 2.24) is 19.4 Å². The molecule has 6 heteroatoms. The molecule has 21 heavy (non-hydrogen) atoms. The van der Waals surface area contributed by atoms with Crippen LogP contribution in [-0.4, -0.2) is 31.4 Å². The van der Waals surface area contributed by atoms with Crippen molar-refractivity contribution >= 4 is 11.6 Å². The average Bonchev–Trinajstić information content (AvgIpc) is 3.22. The average molecular weight is 285 g/mol. The van der Waals surface area contributed by atoms with Gasteiger partial charge >= 0.3 is 0 Å². The molecule has 0 aliphatic heterocycles. The third kappa shape index (κ3) is 3.21. The zero-order chi connectivity index (χ0) is 14.8. The van der Waals surface area contributed by atoms with Crippen LogP contribution in [0, 0.1) is 0 Å². The Kier molecular flexibility index (Phi) is 3.60. The zero-order valence-corrected chi connectivity index (χ0v) is 12.1. The smallest absolute Gasteiger partial charge is 0.229 e. The molecule has 0 aromatic carbocycles. The highest BCUT2D eigenvalue weighted by atomic mass is 16.2. The van der Waals surface area contributed by atoms with Gasteiger partial charge in [0.25, 0.3) is 0 Å². The number of amides is 1. The minimum absolute atomic E-state index is 0.0952. The van der Waals surface area contributed by atoms with Gasteiger partial charge < -0.3 is 15.2 Å². The van der Waals surface area contributed by atoms with Gasteiger partial charge in [0.1, 0.15) is 5.82 Å². The molecule has 0 radical (unpaired) electrons. The number of hydrogen-bond acceptors (Lipinski definition) is 4. The first-order valence-electron chi connectivity index (χ1n) is 7.09. The number of nitrogens with zero attached hydrogens (tertiary/aromatic N) is 4. The maximum absolute atomic E-state index is 12.5. The largest absolute Gasteiger partial charge is 0.397 e. The van der Waals surface area contributed by atoms with Gasteiger partial charge in [-0.25, -0.2) is 4.98 Å². The molecule has 2 aromatic heterocycles. The number of nitrogen functional groups attached to an aromatic ring is 1. The molecule has 1 saturated carbocycles. The summed E-state index contributed by atoms with van der Waals surface area (Å²) in [6.07, 6.45) is 7.69. The summed E-state index contributed by atoms with van der Waals surface area (Å²) >= 11 is 0. The van der Waals surface area contributed by atoms with E-state index >= 15 is 0 Å². The molecule has 0 saturated heterocycles. The number of nitrogens with two attached hydrogens (primary N) is 1. The van der Waals surface area contributed by atoms with E-state index in [1.54, 1.807) is 24.5 Å². The lowest BCUT2D eigenvalue weighted by Gasteiger charge is -2.22. The van der Waals surface area contributed by atoms with E-state index in [1.165, 1.54) is 0 Å². The number of anilines is 1. The van der Waals surface area contributed by atoms with Crippen LogP contribution in [-0.2, 0) is 24.8 Å². The van der Waals surface area contributed by atoms with E-state index in [-0.39, 0.29) is 5.91 Å². The van der Waals surface area contributed by atoms with Gasteiger partial charge in [-0.3, -0.25) is 9.78 Å². The number of carbonyl (C=O) groups excluding carboxylic acids is 1. The van der Waals surface area contributed by atoms with Gasteiger partial charge in [-0.05, 0) is 25.0 Å². The van der Waals surface area contributed by atoms with E-state index in [9.17, 15) is 4.79 Å². The number of aromatic nitrogens is 3. The third-order valence-corrected chi connectivity index (χ3v) is 3.72. The Morgan fingerprint density at radius 1 is 1.43 bits per heavy atom. The summed E-state index contributed by atoms with van der Waals surface area (Å²) in [5.74, 6) is 0.998. The number of hydrogen-bond donors (Lipinski definition) is 1. The molecule has 3 rings (SSSR count). The summed E-state index contributed by atoms with van der Waals surface area (Å²) in [4.78, 5) is 23.0. The molecule has 1 aliphatic carbocycles. The Balaban J connectivity index is 1.70. The molecule has 1 fully saturated rings. The minimum atomic E-state index is 0.0952. The lowest BCUT2D eigenvalue weighted by Crippen LogP contribution is -2.34. The Labute approximate surface area is 123 Å². The Morgan fingerprint density at radius 2 is 2.24 bits per heavy atom. The first-order chi connectivity index (χ1) is 10.1. The van der Waals surface area contributed by atoms with E-state index < -0.39 is 0 Å². The van der Waals surface area contributed by atoms with E-state index in [0.717, 1.165) is 24.4 Å². The van der Waals surface area contributed by atoms with Crippen molar-refractivity contribution < 1.29 is 4.79 Å². The van der Waals surface area contributed by atoms with Crippen LogP contribution in [0.5, 0.6) is 0 Å². The molecule has 2 aromatic rings. The number of imidazole rings is 1. The second-order valence-electron chi connectivity index (χ2n) is 5.47. The normalized spacial score (nSPS) is 14.1. The predicted octanol–water partition coefficient (Wildman–Crippen LogP) is 1.13. The van der Waals surface area contributed by atoms with Crippen molar-refractivity contribution in [2.75, 3.05) is 5.73 Å². The highest BCUT2D eigenvalue weighted by molar-refractivity contribution is 5.79. The van der Waals surface area contributed by atoms with Crippen molar-refractivity contribution in [2.24, 2.45) is 7.05 Å². The van der Waals surface area contributed by atoms with Crippen LogP contribution in [0.4, 0.5) is 5.69 Å². The topological polar surface area (TPSA) is 77.0 Å². The maximum Gasteiger partial charge on any atom is 0.229 e. The van der Waals surface area contributed by atoms with Crippen molar-refractivity contribution in [3.63, 3.8) is 0 Å². The highest BCUT2D eigenvalue weighted by Crippen LogP contribution is 2.28. The fourth-order valence-corrected chi connectivity index (χ4v) is 2.31. The Bertz CT molecular complexity index is 630. The number of rotatable bonds is 5. The SMILES string of the molecule is Cn1ccnc1CN(C(=O)Cc1ccc(N)cn1)C1CC1. The molecule has 0 bridgehead atoms. The molecule has 0 unspecified atom stereocenters. The predicted molar refractivity (Wildman–Crippen MR) is 79.1 cm³/mol. The van der Waals surface area contributed by atoms with Gasteiger partial charge in [0.05, 0.1) is 24.8 Å². The quantitative estimate of drug-likeness (QED) is 0.893. The molecule has 1 amide bonds. The number of carbonyl (C=O) groups is 1. The fourth-order valence-electron chi connectivity index (χ4n) is 2.31. The minimum Gasteiger partial charge on any atom is -0.397 e. The fraction of sp³-hybridized carbons (Fsp3) is 0.400. The molecule has 0 spiro atoms. The molecular weight excluding hydrogens is 266 g/mol. The summed E-state index contributed by atoms with van der Waals surface area (Å²) in [6.45, 7) is 0.558. The molecule has 0 atom stereocenters. The standard InChI is InChI=1S/C15H19N5O/c1-19-7-6-17-14(19)10-20(13-4-5-13)15(21)8-12-3-2-11(16)9-18-12/h2-3,6-7,9,13H,4-5,8,10,16H2,1H3. The molecule has 1 aliphatic rings. The summed E-state index contributed by atoms with van der Waals surface area (Å²) < 4.78 is 1.95. The van der Waals surface area contributed by atoms with Crippen molar-refractivity contribution in [2.45, 2.75) is 31.8 Å². The van der Waals surface area contributed by atoms with Gasteiger partial charge in [-0.1, -0.05) is 0 Å². The Hall–Kier alpha value is -2.37. The second kappa shape index (κ2) is 5.55. The summed E-state index contributed by atoms with van der Waals surface area (Å²) in [6, 6.07) is 3.93. The van der Waals surface area contributed by atoms with Gasteiger partial charge in [-0.15, -0.1) is 0 Å². The van der Waals surface area contributed by atoms with Crippen LogP contribution >= 0.6 is 0 Å². The third-order valence-electron chi connectivity index (χ3n) is 3.72. The van der Waals surface area contributed by atoms with Gasteiger partial charge in [0, 0.05) is 31.2 Å². The van der Waals surface area contributed by atoms with E-state index in [2.05, 4.69) is 9.97 Å². The molecule has 6 nitrogen and oxygen atoms in total. The van der Waals surface area contributed by atoms with Crippen molar-refractivity contribution in [3.05, 3.63) is 42.2 Å². The van der Waals surface area contributed by atoms with Gasteiger partial charge in [-0.2, -0.15) is 0 Å². The molecule has 110 valence electrons. The first kappa shape index (κ1) is 13.6. The van der Waals surface area contributed by atoms with E-state index in [1.807, 2.05) is 22.7 Å². The van der Waals surface area contributed by atoms with Crippen LogP contribution in [0.15, 0.2) is 30.7 Å². The maximum atomic E-state index is 12.5. The monoisotopic (exact) mass is 285 g/mol. The van der Waals surface area contributed by atoms with Gasteiger partial charge in [0.15, 0.2) is 0 Å². The van der Waals surface area contributed by atoms with Gasteiger partial charge in [0.2, 0.25) is 5.91 Å². The van der Waals surface area contributed by atoms with E-state index in [0.29, 0.717) is 24.7 Å². The van der Waals surface area contributed by atoms with E-state index in [4.69, 9.17) is 5.73 Å². The number of aryl methyl sites for hydroxylation is 1. The van der Waals surface area contributed by atoms with Crippen LogP contribution in [0.25, 0.3) is 0 Å². The summed E-state index contributed by atoms with van der Waals surface area (Å²) in [5, 5.41) is 0. The Morgan fingerprint density at radius 3 is 2.81 bits per heavy atom. The molecular formula is C15H19N5O. The van der Waals surface area contributed by atoms with Crippen LogP contribution in [0.1, 0.15) is 24.4 Å². The summed E-state index contributed by atoms with van der Waals surface area (Å²) in [5.41, 5.74) is 6.97. The number of pyridine rings is 1. The first-order valence-corrected chi connectivity index (χ1v) is 7.09. The highest BCUT2D eigenvalue weighted by Gasteiger charge is 2.33. The van der Waals surface area contributed by atoms with Crippen molar-refractivity contribution in [1.29, 1.82) is 0 Å². The van der Waals surface area contributed by atoms with Crippen LogP contribution < -0.4 is 5.73 Å². The van der Waals surface area contributed by atoms with Crippen LogP contribution in [0.2, 0.25) is 0 Å². The second-order valence-corrected chi connectivity index (χ2v) is 5.47. The van der Waals surface area contributed by atoms with Crippen LogP contribution in [0.3, 0.4) is 0 Å². The summed E-state index contributed by atoms with van der Waals surface area (Å²) in [7, 11) is 1.94. The molecule has 2 N–H and O–H groups in total. The lowest BCUT2D eigenvalue weighted by atomic mass is 10.2. The zero-order valence-electron chi connectivity index (χ0n) is 12.1.